The van der Waals surface area contributed by atoms with Crippen molar-refractivity contribution in [1.29, 1.82) is 0 Å². The highest BCUT2D eigenvalue weighted by Crippen LogP contribution is 2.14. The minimum Gasteiger partial charge on any atom is -0.481 e. The van der Waals surface area contributed by atoms with Gasteiger partial charge in [-0.3, -0.25) is 0 Å². The molecule has 0 saturated heterocycles. The summed E-state index contributed by atoms with van der Waals surface area (Å²) in [4.78, 5) is 8.61. The molecule has 1 unspecified atom stereocenters. The van der Waals surface area contributed by atoms with Crippen LogP contribution in [0, 0.1) is 12.8 Å². The maximum atomic E-state index is 5.62. The van der Waals surface area contributed by atoms with Crippen LogP contribution in [0.2, 0.25) is 0 Å². The van der Waals surface area contributed by atoms with Gasteiger partial charge in [0.05, 0.1) is 7.11 Å². The van der Waals surface area contributed by atoms with Gasteiger partial charge in [-0.25, -0.2) is 4.98 Å². The number of aryl methyl sites for hydroxylation is 1. The van der Waals surface area contributed by atoms with E-state index in [4.69, 9.17) is 10.5 Å². The van der Waals surface area contributed by atoms with Gasteiger partial charge >= 0.3 is 0 Å². The van der Waals surface area contributed by atoms with Gasteiger partial charge in [0.15, 0.2) is 0 Å². The highest BCUT2D eigenvalue weighted by molar-refractivity contribution is 5.30. The largest absolute Gasteiger partial charge is 0.481 e. The van der Waals surface area contributed by atoms with Gasteiger partial charge in [-0.2, -0.15) is 4.98 Å². The highest BCUT2D eigenvalue weighted by Gasteiger charge is 2.08. The number of hydrogen-bond donors (Lipinski definition) is 2. The van der Waals surface area contributed by atoms with Gasteiger partial charge in [0.2, 0.25) is 11.8 Å². The molecule has 0 amide bonds. The van der Waals surface area contributed by atoms with Crippen LogP contribution in [0.25, 0.3) is 0 Å². The SMILES string of the molecule is CCCC(CCN)CNc1nc(C)cc(OC)n1. The maximum absolute atomic E-state index is 5.62. The molecule has 5 nitrogen and oxygen atoms in total. The second-order valence-corrected chi connectivity index (χ2v) is 4.49. The summed E-state index contributed by atoms with van der Waals surface area (Å²) >= 11 is 0. The van der Waals surface area contributed by atoms with Crippen LogP contribution in [-0.2, 0) is 0 Å². The van der Waals surface area contributed by atoms with E-state index in [2.05, 4.69) is 22.2 Å². The van der Waals surface area contributed by atoms with Gasteiger partial charge < -0.3 is 15.8 Å². The molecule has 0 fully saturated rings. The average Bonchev–Trinajstić information content (AvgIpc) is 2.36. The van der Waals surface area contributed by atoms with E-state index in [0.29, 0.717) is 17.7 Å². The van der Waals surface area contributed by atoms with Crippen molar-refractivity contribution in [2.24, 2.45) is 11.7 Å². The Morgan fingerprint density at radius 3 is 2.78 bits per heavy atom. The number of rotatable bonds is 8. The lowest BCUT2D eigenvalue weighted by atomic mass is 10.00. The summed E-state index contributed by atoms with van der Waals surface area (Å²) in [5.74, 6) is 1.80. The first-order valence-corrected chi connectivity index (χ1v) is 6.53. The Morgan fingerprint density at radius 2 is 2.17 bits per heavy atom. The third-order valence-electron chi connectivity index (χ3n) is 2.86. The summed E-state index contributed by atoms with van der Waals surface area (Å²) in [5, 5.41) is 3.27. The monoisotopic (exact) mass is 252 g/mol. The fourth-order valence-electron chi connectivity index (χ4n) is 1.95. The second kappa shape index (κ2) is 7.87. The van der Waals surface area contributed by atoms with Gasteiger partial charge in [0.1, 0.15) is 0 Å². The van der Waals surface area contributed by atoms with E-state index in [1.807, 2.05) is 13.0 Å². The standard InChI is InChI=1S/C13H24N4O/c1-4-5-11(6-7-14)9-15-13-16-10(2)8-12(17-13)18-3/h8,11H,4-7,9,14H2,1-3H3,(H,15,16,17). The molecule has 0 spiro atoms. The van der Waals surface area contributed by atoms with E-state index < -0.39 is 0 Å². The Bertz CT molecular complexity index is 351. The molecule has 0 aliphatic rings. The summed E-state index contributed by atoms with van der Waals surface area (Å²) in [5.41, 5.74) is 6.52. The number of methoxy groups -OCH3 is 1. The Balaban J connectivity index is 2.57. The Morgan fingerprint density at radius 1 is 1.39 bits per heavy atom. The quantitative estimate of drug-likeness (QED) is 0.740. The molecule has 18 heavy (non-hydrogen) atoms. The molecule has 5 heteroatoms. The van der Waals surface area contributed by atoms with E-state index in [9.17, 15) is 0 Å². The summed E-state index contributed by atoms with van der Waals surface area (Å²) in [6.45, 7) is 5.70. The van der Waals surface area contributed by atoms with Crippen LogP contribution in [0.1, 0.15) is 31.9 Å². The molecule has 0 aliphatic carbocycles. The van der Waals surface area contributed by atoms with E-state index in [0.717, 1.165) is 25.2 Å². The molecule has 1 heterocycles. The fourth-order valence-corrected chi connectivity index (χ4v) is 1.95. The predicted molar refractivity (Wildman–Crippen MR) is 73.9 cm³/mol. The van der Waals surface area contributed by atoms with Crippen molar-refractivity contribution in [1.82, 2.24) is 9.97 Å². The molecule has 0 saturated carbocycles. The van der Waals surface area contributed by atoms with E-state index >= 15 is 0 Å². The number of ether oxygens (including phenoxy) is 1. The normalized spacial score (nSPS) is 12.2. The van der Waals surface area contributed by atoms with Crippen LogP contribution < -0.4 is 15.8 Å². The predicted octanol–water partition coefficient (Wildman–Crippen LogP) is 1.97. The van der Waals surface area contributed by atoms with Crippen molar-refractivity contribution in [3.63, 3.8) is 0 Å². The molecule has 0 aliphatic heterocycles. The Kier molecular flexibility index (Phi) is 6.43. The van der Waals surface area contributed by atoms with Crippen molar-refractivity contribution in [2.75, 3.05) is 25.5 Å². The minimum atomic E-state index is 0.579. The second-order valence-electron chi connectivity index (χ2n) is 4.49. The van der Waals surface area contributed by atoms with Crippen molar-refractivity contribution in [3.05, 3.63) is 11.8 Å². The number of nitrogens with one attached hydrogen (secondary N) is 1. The van der Waals surface area contributed by atoms with Crippen LogP contribution in [0.15, 0.2) is 6.07 Å². The molecule has 3 N–H and O–H groups in total. The lowest BCUT2D eigenvalue weighted by Crippen LogP contribution is -2.19. The first kappa shape index (κ1) is 14.7. The number of nitrogens with zero attached hydrogens (tertiary/aromatic N) is 2. The maximum Gasteiger partial charge on any atom is 0.226 e. The zero-order valence-electron chi connectivity index (χ0n) is 11.6. The summed E-state index contributed by atoms with van der Waals surface area (Å²) in [6.07, 6.45) is 3.38. The molecule has 1 aromatic rings. The molecular formula is C13H24N4O. The van der Waals surface area contributed by atoms with E-state index in [-0.39, 0.29) is 0 Å². The van der Waals surface area contributed by atoms with Crippen molar-refractivity contribution >= 4 is 5.95 Å². The van der Waals surface area contributed by atoms with E-state index in [1.54, 1.807) is 7.11 Å². The third kappa shape index (κ3) is 4.87. The first-order chi connectivity index (χ1) is 8.69. The molecular weight excluding hydrogens is 228 g/mol. The third-order valence-corrected chi connectivity index (χ3v) is 2.86. The molecule has 0 aromatic carbocycles. The van der Waals surface area contributed by atoms with Gasteiger partial charge in [-0.05, 0) is 32.2 Å². The molecule has 102 valence electrons. The molecule has 1 rings (SSSR count). The Hall–Kier alpha value is -1.36. The van der Waals surface area contributed by atoms with Crippen molar-refractivity contribution < 1.29 is 4.74 Å². The first-order valence-electron chi connectivity index (χ1n) is 6.53. The average molecular weight is 252 g/mol. The fraction of sp³-hybridized carbons (Fsp3) is 0.692. The molecule has 0 bridgehead atoms. The smallest absolute Gasteiger partial charge is 0.226 e. The van der Waals surface area contributed by atoms with Crippen LogP contribution in [0.3, 0.4) is 0 Å². The van der Waals surface area contributed by atoms with Crippen molar-refractivity contribution in [3.8, 4) is 5.88 Å². The van der Waals surface area contributed by atoms with Crippen LogP contribution in [-0.4, -0.2) is 30.2 Å². The van der Waals surface area contributed by atoms with Crippen LogP contribution >= 0.6 is 0 Å². The highest BCUT2D eigenvalue weighted by atomic mass is 16.5. The molecule has 1 aromatic heterocycles. The van der Waals surface area contributed by atoms with Gasteiger partial charge in [-0.15, -0.1) is 0 Å². The molecule has 0 radical (unpaired) electrons. The van der Waals surface area contributed by atoms with Gasteiger partial charge in [0, 0.05) is 18.3 Å². The van der Waals surface area contributed by atoms with E-state index in [1.165, 1.54) is 12.8 Å². The zero-order valence-corrected chi connectivity index (χ0v) is 11.6. The number of nitrogens with two attached hydrogens (primary N) is 1. The van der Waals surface area contributed by atoms with Crippen LogP contribution in [0.5, 0.6) is 5.88 Å². The summed E-state index contributed by atoms with van der Waals surface area (Å²) < 4.78 is 5.13. The van der Waals surface area contributed by atoms with Gasteiger partial charge in [-0.1, -0.05) is 13.3 Å². The number of aromatic nitrogens is 2. The lowest BCUT2D eigenvalue weighted by molar-refractivity contribution is 0.396. The van der Waals surface area contributed by atoms with Crippen LogP contribution in [0.4, 0.5) is 5.95 Å². The Labute approximate surface area is 109 Å². The number of hydrogen-bond acceptors (Lipinski definition) is 5. The van der Waals surface area contributed by atoms with Gasteiger partial charge in [0.25, 0.3) is 0 Å². The molecule has 1 atom stereocenters. The minimum absolute atomic E-state index is 0.579. The lowest BCUT2D eigenvalue weighted by Gasteiger charge is -2.16. The number of anilines is 1. The summed E-state index contributed by atoms with van der Waals surface area (Å²) in [6, 6.07) is 1.81. The zero-order chi connectivity index (χ0) is 13.4. The summed E-state index contributed by atoms with van der Waals surface area (Å²) in [7, 11) is 1.61. The van der Waals surface area contributed by atoms with Crippen molar-refractivity contribution in [2.45, 2.75) is 33.1 Å². The topological polar surface area (TPSA) is 73.1 Å².